The van der Waals surface area contributed by atoms with Gasteiger partial charge in [-0.05, 0) is 45.2 Å². The highest BCUT2D eigenvalue weighted by Gasteiger charge is 2.16. The molecular weight excluding hydrogens is 250 g/mol. The van der Waals surface area contributed by atoms with Gasteiger partial charge in [0.2, 0.25) is 0 Å². The standard InChI is InChI=1S/C16H25N3O/c1-4-18(5-2)16(20)14-6-8-15(9-7-14)19-12-10-17(3)11-13-19/h6-9H,4-5,10-13H2,1-3H3. The van der Waals surface area contributed by atoms with E-state index in [-0.39, 0.29) is 5.91 Å². The smallest absolute Gasteiger partial charge is 0.253 e. The molecule has 0 spiro atoms. The third-order valence-electron chi connectivity index (χ3n) is 4.03. The molecule has 4 nitrogen and oxygen atoms in total. The molecule has 0 aromatic heterocycles. The predicted molar refractivity (Wildman–Crippen MR) is 83.4 cm³/mol. The summed E-state index contributed by atoms with van der Waals surface area (Å²) in [5.74, 6) is 0.125. The zero-order valence-corrected chi connectivity index (χ0v) is 12.8. The van der Waals surface area contributed by atoms with Crippen LogP contribution < -0.4 is 4.90 Å². The van der Waals surface area contributed by atoms with Crippen LogP contribution >= 0.6 is 0 Å². The average molecular weight is 275 g/mol. The molecule has 1 aromatic carbocycles. The minimum Gasteiger partial charge on any atom is -0.369 e. The van der Waals surface area contributed by atoms with E-state index in [0.29, 0.717) is 0 Å². The van der Waals surface area contributed by atoms with Crippen molar-refractivity contribution >= 4 is 11.6 Å². The summed E-state index contributed by atoms with van der Waals surface area (Å²) >= 11 is 0. The third kappa shape index (κ3) is 3.31. The minimum absolute atomic E-state index is 0.125. The normalized spacial score (nSPS) is 16.2. The summed E-state index contributed by atoms with van der Waals surface area (Å²) in [4.78, 5) is 18.8. The third-order valence-corrected chi connectivity index (χ3v) is 4.03. The Morgan fingerprint density at radius 2 is 1.60 bits per heavy atom. The SMILES string of the molecule is CCN(CC)C(=O)c1ccc(N2CCN(C)CC2)cc1. The Hall–Kier alpha value is -1.55. The molecule has 110 valence electrons. The van der Waals surface area contributed by atoms with Crippen LogP contribution in [0.1, 0.15) is 24.2 Å². The van der Waals surface area contributed by atoms with Crippen molar-refractivity contribution < 1.29 is 4.79 Å². The lowest BCUT2D eigenvalue weighted by molar-refractivity contribution is 0.0773. The lowest BCUT2D eigenvalue weighted by Gasteiger charge is -2.34. The van der Waals surface area contributed by atoms with Gasteiger partial charge in [0.1, 0.15) is 0 Å². The number of hydrogen-bond donors (Lipinski definition) is 0. The van der Waals surface area contributed by atoms with Gasteiger partial charge in [-0.2, -0.15) is 0 Å². The van der Waals surface area contributed by atoms with Gasteiger partial charge in [-0.25, -0.2) is 0 Å². The van der Waals surface area contributed by atoms with Gasteiger partial charge in [-0.1, -0.05) is 0 Å². The van der Waals surface area contributed by atoms with Crippen LogP contribution in [0, 0.1) is 0 Å². The van der Waals surface area contributed by atoms with Gasteiger partial charge in [-0.15, -0.1) is 0 Å². The molecule has 0 N–H and O–H groups in total. The molecular formula is C16H25N3O. The van der Waals surface area contributed by atoms with E-state index in [0.717, 1.165) is 44.8 Å². The summed E-state index contributed by atoms with van der Waals surface area (Å²) < 4.78 is 0. The number of nitrogens with zero attached hydrogens (tertiary/aromatic N) is 3. The monoisotopic (exact) mass is 275 g/mol. The van der Waals surface area contributed by atoms with E-state index in [1.54, 1.807) is 0 Å². The van der Waals surface area contributed by atoms with Gasteiger partial charge < -0.3 is 14.7 Å². The molecule has 1 saturated heterocycles. The second-order valence-corrected chi connectivity index (χ2v) is 5.31. The van der Waals surface area contributed by atoms with E-state index in [1.807, 2.05) is 30.9 Å². The van der Waals surface area contributed by atoms with Gasteiger partial charge in [0.15, 0.2) is 0 Å². The van der Waals surface area contributed by atoms with Crippen molar-refractivity contribution in [2.24, 2.45) is 0 Å². The molecule has 0 aliphatic carbocycles. The summed E-state index contributed by atoms with van der Waals surface area (Å²) in [6, 6.07) is 8.05. The number of amides is 1. The van der Waals surface area contributed by atoms with E-state index in [2.05, 4.69) is 29.0 Å². The summed E-state index contributed by atoms with van der Waals surface area (Å²) in [5, 5.41) is 0. The van der Waals surface area contributed by atoms with Crippen LogP contribution in [0.2, 0.25) is 0 Å². The van der Waals surface area contributed by atoms with Crippen LogP contribution in [0.15, 0.2) is 24.3 Å². The first-order chi connectivity index (χ1) is 9.65. The van der Waals surface area contributed by atoms with Gasteiger partial charge in [0, 0.05) is 50.5 Å². The van der Waals surface area contributed by atoms with Gasteiger partial charge in [-0.3, -0.25) is 4.79 Å². The van der Waals surface area contributed by atoms with Crippen LogP contribution in [-0.2, 0) is 0 Å². The van der Waals surface area contributed by atoms with E-state index >= 15 is 0 Å². The summed E-state index contributed by atoms with van der Waals surface area (Å²) in [6.07, 6.45) is 0. The molecule has 20 heavy (non-hydrogen) atoms. The van der Waals surface area contributed by atoms with Crippen molar-refractivity contribution in [3.63, 3.8) is 0 Å². The Morgan fingerprint density at radius 3 is 2.10 bits per heavy atom. The molecule has 0 bridgehead atoms. The molecule has 1 aliphatic rings. The molecule has 0 radical (unpaired) electrons. The van der Waals surface area contributed by atoms with Crippen LogP contribution in [0.4, 0.5) is 5.69 Å². The predicted octanol–water partition coefficient (Wildman–Crippen LogP) is 1.92. The molecule has 1 heterocycles. The van der Waals surface area contributed by atoms with Crippen molar-refractivity contribution in [3.05, 3.63) is 29.8 Å². The molecule has 1 amide bonds. The van der Waals surface area contributed by atoms with Crippen LogP contribution in [0.25, 0.3) is 0 Å². The number of anilines is 1. The minimum atomic E-state index is 0.125. The number of carbonyl (C=O) groups is 1. The summed E-state index contributed by atoms with van der Waals surface area (Å²) in [6.45, 7) is 9.85. The molecule has 1 fully saturated rings. The molecule has 0 atom stereocenters. The number of rotatable bonds is 4. The molecule has 1 aromatic rings. The maximum atomic E-state index is 12.2. The van der Waals surface area contributed by atoms with E-state index in [9.17, 15) is 4.79 Å². The highest BCUT2D eigenvalue weighted by atomic mass is 16.2. The Morgan fingerprint density at radius 1 is 1.05 bits per heavy atom. The van der Waals surface area contributed by atoms with Crippen molar-refractivity contribution in [2.45, 2.75) is 13.8 Å². The first kappa shape index (κ1) is 14.9. The zero-order valence-electron chi connectivity index (χ0n) is 12.8. The second-order valence-electron chi connectivity index (χ2n) is 5.31. The number of hydrogen-bond acceptors (Lipinski definition) is 3. The Bertz CT molecular complexity index is 432. The van der Waals surface area contributed by atoms with Crippen molar-refractivity contribution in [3.8, 4) is 0 Å². The number of benzene rings is 1. The molecule has 0 saturated carbocycles. The van der Waals surface area contributed by atoms with E-state index in [4.69, 9.17) is 0 Å². The fraction of sp³-hybridized carbons (Fsp3) is 0.562. The van der Waals surface area contributed by atoms with Crippen molar-refractivity contribution in [2.75, 3.05) is 51.2 Å². The van der Waals surface area contributed by atoms with E-state index in [1.165, 1.54) is 5.69 Å². The quantitative estimate of drug-likeness (QED) is 0.840. The van der Waals surface area contributed by atoms with Crippen molar-refractivity contribution in [1.82, 2.24) is 9.80 Å². The van der Waals surface area contributed by atoms with Crippen molar-refractivity contribution in [1.29, 1.82) is 0 Å². The number of piperazine rings is 1. The van der Waals surface area contributed by atoms with Gasteiger partial charge in [0.05, 0.1) is 0 Å². The average Bonchev–Trinajstić information content (AvgIpc) is 2.49. The highest BCUT2D eigenvalue weighted by molar-refractivity contribution is 5.94. The first-order valence-electron chi connectivity index (χ1n) is 7.48. The largest absolute Gasteiger partial charge is 0.369 e. The van der Waals surface area contributed by atoms with Crippen LogP contribution in [0.5, 0.6) is 0 Å². The number of carbonyl (C=O) groups excluding carboxylic acids is 1. The Balaban J connectivity index is 2.04. The van der Waals surface area contributed by atoms with Gasteiger partial charge >= 0.3 is 0 Å². The van der Waals surface area contributed by atoms with E-state index < -0.39 is 0 Å². The fourth-order valence-corrected chi connectivity index (χ4v) is 2.57. The second kappa shape index (κ2) is 6.75. The maximum absolute atomic E-state index is 12.2. The molecule has 1 aliphatic heterocycles. The lowest BCUT2D eigenvalue weighted by Crippen LogP contribution is -2.44. The molecule has 4 heteroatoms. The highest BCUT2D eigenvalue weighted by Crippen LogP contribution is 2.17. The van der Waals surface area contributed by atoms with Crippen LogP contribution in [0.3, 0.4) is 0 Å². The Labute approximate surface area is 122 Å². The molecule has 2 rings (SSSR count). The molecule has 0 unspecified atom stereocenters. The fourth-order valence-electron chi connectivity index (χ4n) is 2.57. The first-order valence-corrected chi connectivity index (χ1v) is 7.48. The zero-order chi connectivity index (χ0) is 14.5. The summed E-state index contributed by atoms with van der Waals surface area (Å²) in [7, 11) is 2.16. The topological polar surface area (TPSA) is 26.8 Å². The lowest BCUT2D eigenvalue weighted by atomic mass is 10.1. The van der Waals surface area contributed by atoms with Crippen LogP contribution in [-0.4, -0.2) is 62.0 Å². The maximum Gasteiger partial charge on any atom is 0.253 e. The number of likely N-dealkylation sites (N-methyl/N-ethyl adjacent to an activating group) is 1. The summed E-state index contributed by atoms with van der Waals surface area (Å²) in [5.41, 5.74) is 2.00. The van der Waals surface area contributed by atoms with Gasteiger partial charge in [0.25, 0.3) is 5.91 Å². The Kier molecular flexibility index (Phi) is 5.01.